The summed E-state index contributed by atoms with van der Waals surface area (Å²) in [6.45, 7) is 9.54. The normalized spacial score (nSPS) is 12.5. The zero-order chi connectivity index (χ0) is 10.1. The van der Waals surface area contributed by atoms with E-state index in [1.54, 1.807) is 0 Å². The summed E-state index contributed by atoms with van der Waals surface area (Å²) in [5, 5.41) is 0. The molecule has 13 heavy (non-hydrogen) atoms. The van der Waals surface area contributed by atoms with Crippen LogP contribution in [0.4, 0.5) is 0 Å². The quantitative estimate of drug-likeness (QED) is 0.594. The summed E-state index contributed by atoms with van der Waals surface area (Å²) in [5.41, 5.74) is 0. The summed E-state index contributed by atoms with van der Waals surface area (Å²) >= 11 is 1.81. The Labute approximate surface area is 85.7 Å². The maximum absolute atomic E-state index is 5.39. The summed E-state index contributed by atoms with van der Waals surface area (Å²) in [4.78, 5) is 1.26. The standard InChI is InChI=1S/C10H20O2S/c1-5-11-10(12-6-2)8-9(4)13-7-3/h8,10H,5-7H2,1-4H3/b9-8+. The van der Waals surface area contributed by atoms with E-state index in [2.05, 4.69) is 13.8 Å². The van der Waals surface area contributed by atoms with E-state index in [-0.39, 0.29) is 6.29 Å². The maximum atomic E-state index is 5.39. The van der Waals surface area contributed by atoms with Crippen LogP contribution in [0.15, 0.2) is 11.0 Å². The fourth-order valence-corrected chi connectivity index (χ4v) is 1.60. The van der Waals surface area contributed by atoms with Gasteiger partial charge in [0.2, 0.25) is 0 Å². The molecule has 0 N–H and O–H groups in total. The minimum absolute atomic E-state index is 0.172. The lowest BCUT2D eigenvalue weighted by Gasteiger charge is -2.13. The molecule has 2 nitrogen and oxygen atoms in total. The number of hydrogen-bond acceptors (Lipinski definition) is 3. The summed E-state index contributed by atoms with van der Waals surface area (Å²) in [5.74, 6) is 1.09. The predicted octanol–water partition coefficient (Wildman–Crippen LogP) is 3.04. The van der Waals surface area contributed by atoms with E-state index in [4.69, 9.17) is 9.47 Å². The SMILES string of the molecule is CCOC(/C=C(\C)SCC)OCC. The average Bonchev–Trinajstić information content (AvgIpc) is 2.05. The van der Waals surface area contributed by atoms with Crippen LogP contribution in [0.5, 0.6) is 0 Å². The molecule has 0 bridgehead atoms. The van der Waals surface area contributed by atoms with Gasteiger partial charge < -0.3 is 9.47 Å². The third-order valence-electron chi connectivity index (χ3n) is 1.40. The van der Waals surface area contributed by atoms with Gasteiger partial charge in [-0.2, -0.15) is 0 Å². The molecule has 0 amide bonds. The maximum Gasteiger partial charge on any atom is 0.177 e. The molecule has 0 fully saturated rings. The predicted molar refractivity (Wildman–Crippen MR) is 58.9 cm³/mol. The fraction of sp³-hybridized carbons (Fsp3) is 0.800. The van der Waals surface area contributed by atoms with Gasteiger partial charge in [-0.05, 0) is 37.5 Å². The first-order chi connectivity index (χ1) is 6.24. The molecule has 0 radical (unpaired) electrons. The lowest BCUT2D eigenvalue weighted by atomic mass is 10.5. The monoisotopic (exact) mass is 204 g/mol. The third kappa shape index (κ3) is 7.11. The number of allylic oxidation sites excluding steroid dienone is 1. The molecule has 0 aromatic heterocycles. The van der Waals surface area contributed by atoms with E-state index in [0.29, 0.717) is 13.2 Å². The zero-order valence-corrected chi connectivity index (χ0v) is 9.82. The zero-order valence-electron chi connectivity index (χ0n) is 9.00. The highest BCUT2D eigenvalue weighted by atomic mass is 32.2. The van der Waals surface area contributed by atoms with E-state index in [1.165, 1.54) is 4.91 Å². The molecule has 0 aliphatic rings. The average molecular weight is 204 g/mol. The van der Waals surface area contributed by atoms with E-state index in [1.807, 2.05) is 31.7 Å². The Bertz CT molecular complexity index is 140. The highest BCUT2D eigenvalue weighted by Gasteiger charge is 2.03. The van der Waals surface area contributed by atoms with Gasteiger partial charge in [0.1, 0.15) is 0 Å². The van der Waals surface area contributed by atoms with Crippen molar-refractivity contribution in [3.8, 4) is 0 Å². The Morgan fingerprint density at radius 3 is 2.15 bits per heavy atom. The fourth-order valence-electron chi connectivity index (χ4n) is 0.940. The molecule has 0 heterocycles. The van der Waals surface area contributed by atoms with E-state index in [0.717, 1.165) is 5.75 Å². The van der Waals surface area contributed by atoms with Gasteiger partial charge in [0.15, 0.2) is 6.29 Å². The number of ether oxygens (including phenoxy) is 2. The van der Waals surface area contributed by atoms with Crippen molar-refractivity contribution in [1.82, 2.24) is 0 Å². The molecule has 0 spiro atoms. The van der Waals surface area contributed by atoms with Gasteiger partial charge in [-0.25, -0.2) is 0 Å². The van der Waals surface area contributed by atoms with Gasteiger partial charge in [0, 0.05) is 13.2 Å². The van der Waals surface area contributed by atoms with Crippen LogP contribution in [0.3, 0.4) is 0 Å². The Kier molecular flexibility index (Phi) is 8.61. The van der Waals surface area contributed by atoms with Gasteiger partial charge in [0.05, 0.1) is 0 Å². The Balaban J connectivity index is 3.96. The van der Waals surface area contributed by atoms with Crippen molar-refractivity contribution in [2.45, 2.75) is 34.0 Å². The van der Waals surface area contributed by atoms with Crippen LogP contribution >= 0.6 is 11.8 Å². The molecular weight excluding hydrogens is 184 g/mol. The van der Waals surface area contributed by atoms with Gasteiger partial charge >= 0.3 is 0 Å². The van der Waals surface area contributed by atoms with Crippen LogP contribution in [0.2, 0.25) is 0 Å². The summed E-state index contributed by atoms with van der Waals surface area (Å²) < 4.78 is 10.8. The van der Waals surface area contributed by atoms with Crippen molar-refractivity contribution >= 4 is 11.8 Å². The molecule has 0 aromatic rings. The lowest BCUT2D eigenvalue weighted by Crippen LogP contribution is -2.14. The van der Waals surface area contributed by atoms with Crippen molar-refractivity contribution in [1.29, 1.82) is 0 Å². The number of rotatable bonds is 7. The molecule has 78 valence electrons. The number of thioether (sulfide) groups is 1. The second kappa shape index (κ2) is 8.60. The Morgan fingerprint density at radius 2 is 1.77 bits per heavy atom. The topological polar surface area (TPSA) is 18.5 Å². The Morgan fingerprint density at radius 1 is 1.23 bits per heavy atom. The molecule has 0 atom stereocenters. The summed E-state index contributed by atoms with van der Waals surface area (Å²) in [6.07, 6.45) is 1.86. The molecule has 0 saturated carbocycles. The number of hydrogen-bond donors (Lipinski definition) is 0. The lowest BCUT2D eigenvalue weighted by molar-refractivity contribution is -0.104. The molecule has 0 aliphatic heterocycles. The second-order valence-corrected chi connectivity index (χ2v) is 4.00. The molecule has 0 unspecified atom stereocenters. The van der Waals surface area contributed by atoms with E-state index >= 15 is 0 Å². The van der Waals surface area contributed by atoms with E-state index < -0.39 is 0 Å². The van der Waals surface area contributed by atoms with Crippen molar-refractivity contribution in [2.75, 3.05) is 19.0 Å². The largest absolute Gasteiger partial charge is 0.349 e. The van der Waals surface area contributed by atoms with Crippen LogP contribution in [-0.4, -0.2) is 25.3 Å². The third-order valence-corrected chi connectivity index (χ3v) is 2.28. The first-order valence-electron chi connectivity index (χ1n) is 4.78. The van der Waals surface area contributed by atoms with Crippen molar-refractivity contribution < 1.29 is 9.47 Å². The van der Waals surface area contributed by atoms with Crippen LogP contribution in [0.1, 0.15) is 27.7 Å². The first-order valence-corrected chi connectivity index (χ1v) is 5.77. The molecule has 0 aromatic carbocycles. The van der Waals surface area contributed by atoms with Crippen molar-refractivity contribution in [3.63, 3.8) is 0 Å². The minimum Gasteiger partial charge on any atom is -0.349 e. The van der Waals surface area contributed by atoms with Gasteiger partial charge in [-0.3, -0.25) is 0 Å². The van der Waals surface area contributed by atoms with Crippen LogP contribution in [-0.2, 0) is 9.47 Å². The highest BCUT2D eigenvalue weighted by molar-refractivity contribution is 8.03. The van der Waals surface area contributed by atoms with Crippen LogP contribution in [0.25, 0.3) is 0 Å². The Hall–Kier alpha value is 0.01000. The summed E-state index contributed by atoms with van der Waals surface area (Å²) in [7, 11) is 0. The molecule has 0 aliphatic carbocycles. The van der Waals surface area contributed by atoms with Crippen molar-refractivity contribution in [2.24, 2.45) is 0 Å². The first kappa shape index (κ1) is 13.0. The van der Waals surface area contributed by atoms with E-state index in [9.17, 15) is 0 Å². The second-order valence-electron chi connectivity index (χ2n) is 2.49. The van der Waals surface area contributed by atoms with Gasteiger partial charge in [0.25, 0.3) is 0 Å². The highest BCUT2D eigenvalue weighted by Crippen LogP contribution is 2.15. The molecule has 3 heteroatoms. The van der Waals surface area contributed by atoms with Crippen LogP contribution < -0.4 is 0 Å². The molecule has 0 rings (SSSR count). The smallest absolute Gasteiger partial charge is 0.177 e. The molecular formula is C10H20O2S. The van der Waals surface area contributed by atoms with Gasteiger partial charge in [-0.15, -0.1) is 11.8 Å². The van der Waals surface area contributed by atoms with Crippen molar-refractivity contribution in [3.05, 3.63) is 11.0 Å². The molecule has 0 saturated heterocycles. The van der Waals surface area contributed by atoms with Gasteiger partial charge in [-0.1, -0.05) is 6.92 Å². The summed E-state index contributed by atoms with van der Waals surface area (Å²) in [6, 6.07) is 0. The minimum atomic E-state index is -0.172. The van der Waals surface area contributed by atoms with Crippen LogP contribution in [0, 0.1) is 0 Å².